The average Bonchev–Trinajstić information content (AvgIpc) is 3.10. The van der Waals surface area contributed by atoms with Gasteiger partial charge in [-0.15, -0.1) is 11.8 Å². The van der Waals surface area contributed by atoms with E-state index in [1.165, 1.54) is 0 Å². The lowest BCUT2D eigenvalue weighted by Gasteiger charge is -2.32. The smallest absolute Gasteiger partial charge is 0.232 e. The van der Waals surface area contributed by atoms with Gasteiger partial charge in [-0.25, -0.2) is 0 Å². The molecule has 2 heterocycles. The number of thioether (sulfide) groups is 1. The summed E-state index contributed by atoms with van der Waals surface area (Å²) in [5.41, 5.74) is 0.778. The fourth-order valence-electron chi connectivity index (χ4n) is 3.12. The van der Waals surface area contributed by atoms with Gasteiger partial charge in [-0.2, -0.15) is 0 Å². The van der Waals surface area contributed by atoms with Crippen LogP contribution in [0.4, 0.5) is 0 Å². The molecule has 0 radical (unpaired) electrons. The summed E-state index contributed by atoms with van der Waals surface area (Å²) in [5, 5.41) is 6.75. The molecule has 144 valence electrons. The predicted molar refractivity (Wildman–Crippen MR) is 104 cm³/mol. The van der Waals surface area contributed by atoms with Crippen LogP contribution in [0.3, 0.4) is 0 Å². The number of aromatic nitrogens is 1. The molecule has 1 aliphatic heterocycles. The maximum atomic E-state index is 12.4. The summed E-state index contributed by atoms with van der Waals surface area (Å²) in [4.78, 5) is 27.4. The monoisotopic (exact) mass is 387 g/mol. The van der Waals surface area contributed by atoms with Gasteiger partial charge in [0.25, 0.3) is 0 Å². The number of hydrogen-bond acceptors (Lipinski definition) is 5. The van der Waals surface area contributed by atoms with Crippen molar-refractivity contribution in [2.24, 2.45) is 5.92 Å². The van der Waals surface area contributed by atoms with Crippen LogP contribution < -0.4 is 5.32 Å². The second kappa shape index (κ2) is 9.60. The number of nitrogens with one attached hydrogen (secondary N) is 1. The summed E-state index contributed by atoms with van der Waals surface area (Å²) in [6.07, 6.45) is 2.06. The van der Waals surface area contributed by atoms with E-state index in [0.717, 1.165) is 36.5 Å². The largest absolute Gasteiger partial charge is 0.361 e. The van der Waals surface area contributed by atoms with Gasteiger partial charge in [0, 0.05) is 30.6 Å². The third-order valence-corrected chi connectivity index (χ3v) is 5.67. The van der Waals surface area contributed by atoms with Crippen LogP contribution >= 0.6 is 11.8 Å². The molecule has 1 aromatic carbocycles. The van der Waals surface area contributed by atoms with Crippen molar-refractivity contribution in [2.75, 3.05) is 25.4 Å². The number of carbonyl (C=O) groups is 2. The number of hydrogen-bond donors (Lipinski definition) is 1. The first kappa shape index (κ1) is 19.5. The van der Waals surface area contributed by atoms with Gasteiger partial charge in [0.1, 0.15) is 5.76 Å². The van der Waals surface area contributed by atoms with Gasteiger partial charge in [0.15, 0.2) is 0 Å². The minimum atomic E-state index is -0.0519. The Morgan fingerprint density at radius 1 is 1.26 bits per heavy atom. The first-order valence-corrected chi connectivity index (χ1v) is 10.2. The van der Waals surface area contributed by atoms with E-state index < -0.39 is 0 Å². The molecule has 3 rings (SSSR count). The maximum Gasteiger partial charge on any atom is 0.232 e. The molecule has 7 heteroatoms. The number of benzene rings is 1. The summed E-state index contributed by atoms with van der Waals surface area (Å²) in [6.45, 7) is 4.00. The molecular weight excluding hydrogens is 362 g/mol. The van der Waals surface area contributed by atoms with Crippen molar-refractivity contribution in [2.45, 2.75) is 31.1 Å². The standard InChI is InChI=1S/C20H25N3O3S/c1-15-11-17(26-22-15)12-19(24)21-13-16-7-9-23(10-8-16)20(25)14-27-18-5-3-2-4-6-18/h2-6,11,16H,7-10,12-14H2,1H3,(H,21,24). The number of carbonyl (C=O) groups excluding carboxylic acids is 2. The molecule has 0 atom stereocenters. The number of amides is 2. The van der Waals surface area contributed by atoms with E-state index >= 15 is 0 Å². The Bertz CT molecular complexity index is 755. The Kier molecular flexibility index (Phi) is 6.92. The second-order valence-corrected chi connectivity index (χ2v) is 7.89. The van der Waals surface area contributed by atoms with Crippen LogP contribution in [0.1, 0.15) is 24.3 Å². The normalized spacial score (nSPS) is 14.9. The highest BCUT2D eigenvalue weighted by Crippen LogP contribution is 2.21. The molecule has 27 heavy (non-hydrogen) atoms. The highest BCUT2D eigenvalue weighted by atomic mass is 32.2. The zero-order chi connectivity index (χ0) is 19.1. The lowest BCUT2D eigenvalue weighted by atomic mass is 9.96. The number of rotatable bonds is 7. The molecule has 6 nitrogen and oxygen atoms in total. The molecule has 0 aliphatic carbocycles. The van der Waals surface area contributed by atoms with Crippen LogP contribution in [0.2, 0.25) is 0 Å². The average molecular weight is 388 g/mol. The van der Waals surface area contributed by atoms with Crippen molar-refractivity contribution in [3.8, 4) is 0 Å². The third kappa shape index (κ3) is 6.13. The van der Waals surface area contributed by atoms with Gasteiger partial charge < -0.3 is 14.7 Å². The second-order valence-electron chi connectivity index (χ2n) is 6.84. The van der Waals surface area contributed by atoms with Gasteiger partial charge in [0.05, 0.1) is 17.9 Å². The van der Waals surface area contributed by atoms with Crippen molar-refractivity contribution in [3.05, 3.63) is 47.9 Å². The Hall–Kier alpha value is -2.28. The zero-order valence-corrected chi connectivity index (χ0v) is 16.3. The molecule has 0 bridgehead atoms. The van der Waals surface area contributed by atoms with Crippen molar-refractivity contribution in [3.63, 3.8) is 0 Å². The van der Waals surface area contributed by atoms with E-state index in [0.29, 0.717) is 24.0 Å². The summed E-state index contributed by atoms with van der Waals surface area (Å²) >= 11 is 1.58. The van der Waals surface area contributed by atoms with E-state index in [9.17, 15) is 9.59 Å². The topological polar surface area (TPSA) is 75.4 Å². The molecule has 1 N–H and O–H groups in total. The van der Waals surface area contributed by atoms with E-state index in [2.05, 4.69) is 10.5 Å². The van der Waals surface area contributed by atoms with Gasteiger partial charge in [-0.1, -0.05) is 23.4 Å². The van der Waals surface area contributed by atoms with Gasteiger partial charge in [-0.05, 0) is 37.8 Å². The van der Waals surface area contributed by atoms with Crippen molar-refractivity contribution in [1.82, 2.24) is 15.4 Å². The molecule has 0 spiro atoms. The van der Waals surface area contributed by atoms with E-state index in [1.54, 1.807) is 17.8 Å². The van der Waals surface area contributed by atoms with Crippen molar-refractivity contribution < 1.29 is 14.1 Å². The lowest BCUT2D eigenvalue weighted by Crippen LogP contribution is -2.42. The Balaban J connectivity index is 1.33. The van der Waals surface area contributed by atoms with E-state index in [4.69, 9.17) is 4.52 Å². The molecule has 2 amide bonds. The van der Waals surface area contributed by atoms with Crippen LogP contribution in [0.15, 0.2) is 45.8 Å². The summed E-state index contributed by atoms with van der Waals surface area (Å²) < 4.78 is 5.07. The fourth-order valence-corrected chi connectivity index (χ4v) is 3.94. The molecular formula is C20H25N3O3S. The first-order valence-electron chi connectivity index (χ1n) is 9.24. The highest BCUT2D eigenvalue weighted by molar-refractivity contribution is 8.00. The number of piperidine rings is 1. The van der Waals surface area contributed by atoms with Crippen LogP contribution in [0.5, 0.6) is 0 Å². The Morgan fingerprint density at radius 2 is 2.00 bits per heavy atom. The van der Waals surface area contributed by atoms with Crippen LogP contribution in [0, 0.1) is 12.8 Å². The number of aryl methyl sites for hydroxylation is 1. The first-order chi connectivity index (χ1) is 13.1. The maximum absolute atomic E-state index is 12.4. The molecule has 1 fully saturated rings. The van der Waals surface area contributed by atoms with Crippen molar-refractivity contribution in [1.29, 1.82) is 0 Å². The molecule has 1 saturated heterocycles. The Morgan fingerprint density at radius 3 is 2.67 bits per heavy atom. The molecule has 1 aromatic heterocycles. The van der Waals surface area contributed by atoms with Crippen LogP contribution in [-0.4, -0.2) is 47.3 Å². The molecule has 0 saturated carbocycles. The van der Waals surface area contributed by atoms with Gasteiger partial charge in [0.2, 0.25) is 11.8 Å². The quantitative estimate of drug-likeness (QED) is 0.739. The van der Waals surface area contributed by atoms with E-state index in [1.807, 2.05) is 42.2 Å². The molecule has 0 unspecified atom stereocenters. The van der Waals surface area contributed by atoms with Gasteiger partial charge >= 0.3 is 0 Å². The summed E-state index contributed by atoms with van der Waals surface area (Å²) in [6, 6.07) is 11.8. The number of nitrogens with zero attached hydrogens (tertiary/aromatic N) is 2. The Labute approximate surface area is 163 Å². The molecule has 1 aliphatic rings. The summed E-state index contributed by atoms with van der Waals surface area (Å²) in [5.74, 6) is 1.61. The van der Waals surface area contributed by atoms with Gasteiger partial charge in [-0.3, -0.25) is 9.59 Å². The third-order valence-electron chi connectivity index (χ3n) is 4.67. The summed E-state index contributed by atoms with van der Waals surface area (Å²) in [7, 11) is 0. The molecule has 2 aromatic rings. The highest BCUT2D eigenvalue weighted by Gasteiger charge is 2.23. The van der Waals surface area contributed by atoms with Crippen LogP contribution in [0.25, 0.3) is 0 Å². The van der Waals surface area contributed by atoms with E-state index in [-0.39, 0.29) is 18.2 Å². The predicted octanol–water partition coefficient (Wildman–Crippen LogP) is 2.67. The SMILES string of the molecule is Cc1cc(CC(=O)NCC2CCN(C(=O)CSc3ccccc3)CC2)on1. The van der Waals surface area contributed by atoms with Crippen LogP contribution in [-0.2, 0) is 16.0 Å². The minimum absolute atomic E-state index is 0.0519. The number of likely N-dealkylation sites (tertiary alicyclic amines) is 1. The zero-order valence-electron chi connectivity index (χ0n) is 15.5. The fraction of sp³-hybridized carbons (Fsp3) is 0.450. The van der Waals surface area contributed by atoms with Crippen molar-refractivity contribution >= 4 is 23.6 Å². The lowest BCUT2D eigenvalue weighted by molar-refractivity contribution is -0.130. The minimum Gasteiger partial charge on any atom is -0.361 e.